The van der Waals surface area contributed by atoms with Gasteiger partial charge in [0.2, 0.25) is 0 Å². The number of benzene rings is 2. The van der Waals surface area contributed by atoms with Crippen LogP contribution in [0.5, 0.6) is 5.75 Å². The summed E-state index contributed by atoms with van der Waals surface area (Å²) in [5.74, 6) is -0.450. The average molecular weight is 655 g/mol. The Morgan fingerprint density at radius 2 is 1.74 bits per heavy atom. The number of carbonyl (C=O) groups is 1. The molecule has 0 bridgehead atoms. The molecule has 1 fully saturated rings. The van der Waals surface area contributed by atoms with Crippen LogP contribution in [0.1, 0.15) is 54.5 Å². The Balaban J connectivity index is 1.81. The monoisotopic (exact) mass is 655 g/mol. The van der Waals surface area contributed by atoms with E-state index in [4.69, 9.17) is 0 Å². The molecule has 2 aromatic carbocycles. The van der Waals surface area contributed by atoms with E-state index >= 15 is 0 Å². The summed E-state index contributed by atoms with van der Waals surface area (Å²) in [6, 6.07) is 18.1. The van der Waals surface area contributed by atoms with Crippen molar-refractivity contribution in [3.05, 3.63) is 95.3 Å². The minimum absolute atomic E-state index is 0.0157. The van der Waals surface area contributed by atoms with Crippen LogP contribution in [-0.4, -0.2) is 29.6 Å². The second kappa shape index (κ2) is 13.0. The molecule has 0 radical (unpaired) electrons. The summed E-state index contributed by atoms with van der Waals surface area (Å²) in [6.45, 7) is 0. The SMILES string of the molecule is O=C(NC1CCCCC1)N[C@@](Cc1ccccc1)(c1cccc(OC(F)(F)C(F)F)c1)c1ccc(CI)cn1. The van der Waals surface area contributed by atoms with Gasteiger partial charge in [-0.3, -0.25) is 4.98 Å². The van der Waals surface area contributed by atoms with E-state index in [9.17, 15) is 22.4 Å². The fraction of sp³-hybridized carbons (Fsp3) is 0.379. The fourth-order valence-electron chi connectivity index (χ4n) is 4.87. The van der Waals surface area contributed by atoms with E-state index in [-0.39, 0.29) is 12.5 Å². The van der Waals surface area contributed by atoms with Gasteiger partial charge in [0.05, 0.1) is 5.69 Å². The maximum atomic E-state index is 13.8. The number of rotatable bonds is 10. The molecule has 0 saturated heterocycles. The zero-order valence-electron chi connectivity index (χ0n) is 21.2. The number of nitrogens with one attached hydrogen (secondary N) is 2. The number of hydrogen-bond acceptors (Lipinski definition) is 3. The molecule has 1 saturated carbocycles. The van der Waals surface area contributed by atoms with Gasteiger partial charge in [0.15, 0.2) is 0 Å². The number of halogens is 5. The van der Waals surface area contributed by atoms with Gasteiger partial charge < -0.3 is 15.4 Å². The molecule has 1 aromatic heterocycles. The average Bonchev–Trinajstić information content (AvgIpc) is 2.93. The van der Waals surface area contributed by atoms with E-state index in [2.05, 4.69) is 42.9 Å². The summed E-state index contributed by atoms with van der Waals surface area (Å²) >= 11 is 2.22. The van der Waals surface area contributed by atoms with Crippen molar-refractivity contribution < 1.29 is 27.1 Å². The normalized spacial score (nSPS) is 15.9. The van der Waals surface area contributed by atoms with Crippen molar-refractivity contribution in [2.24, 2.45) is 0 Å². The van der Waals surface area contributed by atoms with Gasteiger partial charge >= 0.3 is 18.6 Å². The van der Waals surface area contributed by atoms with E-state index in [0.717, 1.165) is 47.7 Å². The Hall–Kier alpha value is -2.89. The second-order valence-corrected chi connectivity index (χ2v) is 10.4. The number of amides is 2. The van der Waals surface area contributed by atoms with Crippen LogP contribution in [-0.2, 0) is 16.4 Å². The molecule has 0 spiro atoms. The number of aromatic nitrogens is 1. The number of nitrogens with zero attached hydrogens (tertiary/aromatic N) is 1. The van der Waals surface area contributed by atoms with Crippen LogP contribution in [0, 0.1) is 0 Å². The first-order valence-corrected chi connectivity index (χ1v) is 14.3. The minimum atomic E-state index is -4.67. The summed E-state index contributed by atoms with van der Waals surface area (Å²) in [5.41, 5.74) is 1.32. The smallest absolute Gasteiger partial charge is 0.428 e. The highest BCUT2D eigenvalue weighted by Crippen LogP contribution is 2.36. The molecule has 0 aliphatic heterocycles. The number of hydrogen-bond donors (Lipinski definition) is 2. The maximum Gasteiger partial charge on any atom is 0.461 e. The van der Waals surface area contributed by atoms with Crippen molar-refractivity contribution in [1.29, 1.82) is 0 Å². The predicted molar refractivity (Wildman–Crippen MR) is 149 cm³/mol. The van der Waals surface area contributed by atoms with Crippen molar-refractivity contribution in [3.8, 4) is 5.75 Å². The Bertz CT molecular complexity index is 1220. The Kier molecular flexibility index (Phi) is 9.68. The number of ether oxygens (including phenoxy) is 1. The van der Waals surface area contributed by atoms with Crippen molar-refractivity contribution in [2.45, 2.75) is 67.1 Å². The molecule has 2 N–H and O–H groups in total. The Labute approximate surface area is 238 Å². The number of carbonyl (C=O) groups excluding carboxylic acids is 1. The maximum absolute atomic E-state index is 13.8. The molecule has 3 aromatic rings. The summed E-state index contributed by atoms with van der Waals surface area (Å²) in [6.07, 6.45) is -1.84. The van der Waals surface area contributed by atoms with Gasteiger partial charge in [-0.25, -0.2) is 4.79 Å². The van der Waals surface area contributed by atoms with Crippen molar-refractivity contribution in [2.75, 3.05) is 0 Å². The van der Waals surface area contributed by atoms with Crippen molar-refractivity contribution >= 4 is 28.6 Å². The van der Waals surface area contributed by atoms with Gasteiger partial charge in [0, 0.05) is 23.1 Å². The van der Waals surface area contributed by atoms with E-state index in [1.165, 1.54) is 18.2 Å². The third kappa shape index (κ3) is 7.40. The Morgan fingerprint density at radius 1 is 1.00 bits per heavy atom. The Morgan fingerprint density at radius 3 is 2.38 bits per heavy atom. The van der Waals surface area contributed by atoms with Gasteiger partial charge in [-0.05, 0) is 47.7 Å². The van der Waals surface area contributed by atoms with Gasteiger partial charge in [0.1, 0.15) is 11.3 Å². The molecule has 5 nitrogen and oxygen atoms in total. The molecule has 1 heterocycles. The van der Waals surface area contributed by atoms with E-state index in [0.29, 0.717) is 11.3 Å². The van der Waals surface area contributed by atoms with Gasteiger partial charge in [-0.2, -0.15) is 17.6 Å². The minimum Gasteiger partial charge on any atom is -0.428 e. The molecular weight excluding hydrogens is 625 g/mol. The summed E-state index contributed by atoms with van der Waals surface area (Å²) in [7, 11) is 0. The molecule has 10 heteroatoms. The summed E-state index contributed by atoms with van der Waals surface area (Å²) in [5, 5.41) is 6.16. The zero-order chi connectivity index (χ0) is 27.9. The van der Waals surface area contributed by atoms with Crippen LogP contribution >= 0.6 is 22.6 Å². The molecular formula is C29H30F4IN3O2. The highest BCUT2D eigenvalue weighted by atomic mass is 127. The molecule has 2 amide bonds. The first-order chi connectivity index (χ1) is 18.7. The highest BCUT2D eigenvalue weighted by Gasteiger charge is 2.45. The van der Waals surface area contributed by atoms with Gasteiger partial charge in [0.25, 0.3) is 0 Å². The van der Waals surface area contributed by atoms with Gasteiger partial charge in [-0.15, -0.1) is 0 Å². The number of alkyl halides is 5. The third-order valence-electron chi connectivity index (χ3n) is 6.83. The lowest BCUT2D eigenvalue weighted by atomic mass is 9.80. The quantitative estimate of drug-likeness (QED) is 0.136. The second-order valence-electron chi connectivity index (χ2n) is 9.68. The van der Waals surface area contributed by atoms with Crippen LogP contribution in [0.4, 0.5) is 22.4 Å². The molecule has 0 unspecified atom stereocenters. The molecule has 208 valence electrons. The lowest BCUT2D eigenvalue weighted by molar-refractivity contribution is -0.253. The highest BCUT2D eigenvalue weighted by molar-refractivity contribution is 14.1. The topological polar surface area (TPSA) is 63.2 Å². The van der Waals surface area contributed by atoms with E-state index < -0.39 is 29.9 Å². The van der Waals surface area contributed by atoms with E-state index in [1.54, 1.807) is 18.3 Å². The first kappa shape index (κ1) is 29.1. The van der Waals surface area contributed by atoms with Gasteiger partial charge in [-0.1, -0.05) is 90.4 Å². The molecule has 39 heavy (non-hydrogen) atoms. The lowest BCUT2D eigenvalue weighted by Crippen LogP contribution is -2.54. The predicted octanol–water partition coefficient (Wildman–Crippen LogP) is 7.37. The lowest BCUT2D eigenvalue weighted by Gasteiger charge is -2.36. The molecule has 1 atom stereocenters. The van der Waals surface area contributed by atoms with Crippen LogP contribution < -0.4 is 15.4 Å². The molecule has 4 rings (SSSR count). The largest absolute Gasteiger partial charge is 0.461 e. The molecule has 1 aliphatic rings. The van der Waals surface area contributed by atoms with Crippen LogP contribution in [0.25, 0.3) is 0 Å². The third-order valence-corrected chi connectivity index (χ3v) is 7.71. The summed E-state index contributed by atoms with van der Waals surface area (Å²) < 4.78 is 58.6. The van der Waals surface area contributed by atoms with Crippen LogP contribution in [0.15, 0.2) is 72.9 Å². The summed E-state index contributed by atoms with van der Waals surface area (Å²) in [4.78, 5) is 18.2. The van der Waals surface area contributed by atoms with Crippen LogP contribution in [0.3, 0.4) is 0 Å². The molecule has 1 aliphatic carbocycles. The zero-order valence-corrected chi connectivity index (χ0v) is 23.3. The first-order valence-electron chi connectivity index (χ1n) is 12.8. The van der Waals surface area contributed by atoms with Crippen LogP contribution in [0.2, 0.25) is 0 Å². The standard InChI is InChI=1S/C29H30F4IN3O2/c30-26(31)29(32,33)39-24-13-7-10-22(16-24)28(17-20-8-3-1-4-9-20,25-15-14-21(18-34)19-35-25)37-27(38)36-23-11-5-2-6-12-23/h1,3-4,7-10,13-16,19,23,26H,2,5-6,11-12,17-18H2,(H2,36,37,38)/t28-/m0/s1. The number of urea groups is 1. The fourth-order valence-corrected chi connectivity index (χ4v) is 5.32. The van der Waals surface area contributed by atoms with Crippen molar-refractivity contribution in [3.63, 3.8) is 0 Å². The van der Waals surface area contributed by atoms with E-state index in [1.807, 2.05) is 36.4 Å². The van der Waals surface area contributed by atoms with Crippen molar-refractivity contribution in [1.82, 2.24) is 15.6 Å². The number of pyridine rings is 1.